The summed E-state index contributed by atoms with van der Waals surface area (Å²) in [6.45, 7) is 6.50. The van der Waals surface area contributed by atoms with Crippen LogP contribution in [0.1, 0.15) is 93.5 Å². The van der Waals surface area contributed by atoms with Crippen LogP contribution in [0.4, 0.5) is 5.13 Å². The molecule has 274 valence electrons. The topological polar surface area (TPSA) is 125 Å². The van der Waals surface area contributed by atoms with Gasteiger partial charge in [0.25, 0.3) is 0 Å². The molecule has 0 amide bonds. The van der Waals surface area contributed by atoms with Crippen molar-refractivity contribution in [1.82, 2.24) is 4.98 Å². The number of hydrazone groups is 1. The predicted octanol–water partition coefficient (Wildman–Crippen LogP) is 9.53. The lowest BCUT2D eigenvalue weighted by molar-refractivity contribution is -0.140. The Kier molecular flexibility index (Phi) is 14.8. The summed E-state index contributed by atoms with van der Waals surface area (Å²) >= 11 is 1.47. The van der Waals surface area contributed by atoms with Gasteiger partial charge in [-0.25, -0.2) is 14.6 Å². The molecule has 0 bridgehead atoms. The van der Waals surface area contributed by atoms with Crippen molar-refractivity contribution in [3.05, 3.63) is 90.5 Å². The lowest BCUT2D eigenvalue weighted by Gasteiger charge is -2.27. The van der Waals surface area contributed by atoms with E-state index in [9.17, 15) is 14.4 Å². The highest BCUT2D eigenvalue weighted by Crippen LogP contribution is 2.34. The molecule has 0 spiro atoms. The van der Waals surface area contributed by atoms with E-state index in [4.69, 9.17) is 18.9 Å². The molecular weight excluding hydrogens is 679 g/mol. The number of thiazole rings is 1. The van der Waals surface area contributed by atoms with Crippen LogP contribution in [0.5, 0.6) is 17.2 Å². The molecule has 11 heteroatoms. The van der Waals surface area contributed by atoms with E-state index in [1.165, 1.54) is 36.8 Å². The lowest BCUT2D eigenvalue weighted by atomic mass is 9.80. The highest BCUT2D eigenvalue weighted by atomic mass is 32.1. The molecule has 1 heterocycles. The second-order valence-electron chi connectivity index (χ2n) is 12.9. The van der Waals surface area contributed by atoms with Crippen LogP contribution < -0.4 is 19.6 Å². The number of para-hydroxylation sites is 1. The van der Waals surface area contributed by atoms with Crippen molar-refractivity contribution in [2.75, 3.05) is 18.6 Å². The average molecular weight is 726 g/mol. The van der Waals surface area contributed by atoms with Gasteiger partial charge in [-0.1, -0.05) is 56.2 Å². The first-order valence-corrected chi connectivity index (χ1v) is 19.0. The first kappa shape index (κ1) is 38.2. The molecule has 1 aliphatic carbocycles. The van der Waals surface area contributed by atoms with Crippen molar-refractivity contribution >= 4 is 50.8 Å². The highest BCUT2D eigenvalue weighted by Gasteiger charge is 2.27. The molecule has 0 saturated heterocycles. The Bertz CT molecular complexity index is 1780. The van der Waals surface area contributed by atoms with E-state index in [1.54, 1.807) is 42.5 Å². The second-order valence-corrected chi connectivity index (χ2v) is 13.9. The molecule has 1 aliphatic rings. The van der Waals surface area contributed by atoms with Crippen molar-refractivity contribution in [3.63, 3.8) is 0 Å². The monoisotopic (exact) mass is 725 g/mol. The zero-order valence-corrected chi connectivity index (χ0v) is 30.5. The molecule has 1 fully saturated rings. The zero-order valence-electron chi connectivity index (χ0n) is 29.7. The van der Waals surface area contributed by atoms with Crippen LogP contribution in [0.15, 0.2) is 84.5 Å². The van der Waals surface area contributed by atoms with Gasteiger partial charge in [-0.3, -0.25) is 10.2 Å². The molecule has 52 heavy (non-hydrogen) atoms. The summed E-state index contributed by atoms with van der Waals surface area (Å²) in [6.07, 6.45) is 13.6. The van der Waals surface area contributed by atoms with E-state index >= 15 is 0 Å². The minimum absolute atomic E-state index is 0.124. The number of hydrogen-bond acceptors (Lipinski definition) is 11. The normalized spacial score (nSPS) is 15.6. The number of aromatic nitrogens is 1. The van der Waals surface area contributed by atoms with E-state index in [-0.39, 0.29) is 17.6 Å². The number of unbranched alkanes of at least 4 members (excludes halogenated alkanes) is 4. The van der Waals surface area contributed by atoms with E-state index in [2.05, 4.69) is 29.0 Å². The van der Waals surface area contributed by atoms with Crippen molar-refractivity contribution in [2.24, 2.45) is 16.9 Å². The van der Waals surface area contributed by atoms with Gasteiger partial charge < -0.3 is 18.9 Å². The lowest BCUT2D eigenvalue weighted by Crippen LogP contribution is -2.25. The Morgan fingerprint density at radius 1 is 0.904 bits per heavy atom. The Hall–Kier alpha value is -5.03. The molecule has 0 atom stereocenters. The molecule has 3 aromatic carbocycles. The third-order valence-corrected chi connectivity index (χ3v) is 9.96. The summed E-state index contributed by atoms with van der Waals surface area (Å²) < 4.78 is 23.5. The highest BCUT2D eigenvalue weighted by molar-refractivity contribution is 7.22. The van der Waals surface area contributed by atoms with Crippen LogP contribution in [-0.2, 0) is 14.3 Å². The van der Waals surface area contributed by atoms with Crippen molar-refractivity contribution in [3.8, 4) is 17.2 Å². The standard InChI is InChI=1S/C41H47N3O7S/c1-3-5-12-29-15-17-30(18-16-29)39(46)50-34-23-24-36(32(27-34)28-42-44-41-43-35-13-8-9-14-37(35)52-41)51-40(47)31-19-21-33(22-20-31)48-25-10-6-7-11-26-49-38(45)4-2/h4,8-9,13-14,19-24,27-30H,2-3,5-7,10-12,15-18,25-26H2,1H3,(H,43,44). The van der Waals surface area contributed by atoms with E-state index in [0.29, 0.717) is 46.9 Å². The summed E-state index contributed by atoms with van der Waals surface area (Å²) in [4.78, 5) is 42.0. The molecule has 10 nitrogen and oxygen atoms in total. The minimum atomic E-state index is -0.554. The number of nitrogens with one attached hydrogen (secondary N) is 1. The summed E-state index contributed by atoms with van der Waals surface area (Å²) in [5.41, 5.74) is 4.63. The number of carbonyl (C=O) groups excluding carboxylic acids is 3. The molecule has 1 N–H and O–H groups in total. The maximum absolute atomic E-state index is 13.2. The van der Waals surface area contributed by atoms with Crippen LogP contribution in [0.25, 0.3) is 10.2 Å². The summed E-state index contributed by atoms with van der Waals surface area (Å²) in [5, 5.41) is 4.98. The number of fused-ring (bicyclic) bond motifs is 1. The predicted molar refractivity (Wildman–Crippen MR) is 204 cm³/mol. The average Bonchev–Trinajstić information content (AvgIpc) is 3.59. The van der Waals surface area contributed by atoms with Crippen LogP contribution in [0, 0.1) is 11.8 Å². The minimum Gasteiger partial charge on any atom is -0.494 e. The Labute approximate surface area is 309 Å². The van der Waals surface area contributed by atoms with Gasteiger partial charge in [0.05, 0.1) is 41.1 Å². The third kappa shape index (κ3) is 11.8. The number of benzene rings is 3. The van der Waals surface area contributed by atoms with Crippen molar-refractivity contribution < 1.29 is 33.3 Å². The summed E-state index contributed by atoms with van der Waals surface area (Å²) in [7, 11) is 0. The van der Waals surface area contributed by atoms with Crippen LogP contribution in [0.2, 0.25) is 0 Å². The van der Waals surface area contributed by atoms with Gasteiger partial charge >= 0.3 is 17.9 Å². The number of esters is 3. The maximum Gasteiger partial charge on any atom is 0.343 e. The number of nitrogens with zero attached hydrogens (tertiary/aromatic N) is 2. The number of ether oxygens (including phenoxy) is 4. The third-order valence-electron chi connectivity index (χ3n) is 9.01. The molecule has 5 rings (SSSR count). The Balaban J connectivity index is 1.18. The maximum atomic E-state index is 13.2. The Morgan fingerprint density at radius 3 is 2.40 bits per heavy atom. The van der Waals surface area contributed by atoms with Gasteiger partial charge in [0, 0.05) is 11.6 Å². The number of anilines is 1. The largest absolute Gasteiger partial charge is 0.494 e. The van der Waals surface area contributed by atoms with E-state index in [0.717, 1.165) is 67.7 Å². The fourth-order valence-corrected chi connectivity index (χ4v) is 6.88. The van der Waals surface area contributed by atoms with Gasteiger partial charge in [-0.15, -0.1) is 0 Å². The first-order valence-electron chi connectivity index (χ1n) is 18.2. The first-order chi connectivity index (χ1) is 25.4. The zero-order chi connectivity index (χ0) is 36.5. The fraction of sp³-hybridized carbons (Fsp3) is 0.390. The molecular formula is C41H47N3O7S. The second kappa shape index (κ2) is 20.1. The molecule has 0 radical (unpaired) electrons. The SMILES string of the molecule is C=CC(=O)OCCCCCCOc1ccc(C(=O)Oc2ccc(OC(=O)C3CCC(CCCC)CC3)cc2C=NNc2nc3ccccc3s2)cc1. The van der Waals surface area contributed by atoms with Crippen LogP contribution >= 0.6 is 11.3 Å². The van der Waals surface area contributed by atoms with Crippen LogP contribution in [-0.4, -0.2) is 42.3 Å². The molecule has 0 aliphatic heterocycles. The smallest absolute Gasteiger partial charge is 0.343 e. The molecule has 1 aromatic heterocycles. The molecule has 4 aromatic rings. The molecule has 0 unspecified atom stereocenters. The number of hydrogen-bond donors (Lipinski definition) is 1. The van der Waals surface area contributed by atoms with Crippen molar-refractivity contribution in [1.29, 1.82) is 0 Å². The fourth-order valence-electron chi connectivity index (χ4n) is 6.07. The van der Waals surface area contributed by atoms with Gasteiger partial charge in [0.1, 0.15) is 17.2 Å². The van der Waals surface area contributed by atoms with Crippen molar-refractivity contribution in [2.45, 2.75) is 77.6 Å². The van der Waals surface area contributed by atoms with Crippen LogP contribution in [0.3, 0.4) is 0 Å². The van der Waals surface area contributed by atoms with Gasteiger partial charge in [0.15, 0.2) is 0 Å². The summed E-state index contributed by atoms with van der Waals surface area (Å²) in [5.74, 6) is 0.640. The van der Waals surface area contributed by atoms with E-state index < -0.39 is 11.9 Å². The van der Waals surface area contributed by atoms with Gasteiger partial charge in [-0.2, -0.15) is 5.10 Å². The number of carbonyl (C=O) groups is 3. The molecule has 1 saturated carbocycles. The van der Waals surface area contributed by atoms with E-state index in [1.807, 2.05) is 24.3 Å². The van der Waals surface area contributed by atoms with Gasteiger partial charge in [-0.05, 0) is 112 Å². The summed E-state index contributed by atoms with van der Waals surface area (Å²) in [6, 6.07) is 19.5. The quantitative estimate of drug-likeness (QED) is 0.0251. The Morgan fingerprint density at radius 2 is 1.65 bits per heavy atom. The number of rotatable bonds is 19. The van der Waals surface area contributed by atoms with Gasteiger partial charge in [0.2, 0.25) is 5.13 Å².